The van der Waals surface area contributed by atoms with Crippen LogP contribution in [0.4, 0.5) is 0 Å². The summed E-state index contributed by atoms with van der Waals surface area (Å²) < 4.78 is 0. The van der Waals surface area contributed by atoms with E-state index in [0.29, 0.717) is 12.5 Å². The first-order valence-electron chi connectivity index (χ1n) is 7.18. The van der Waals surface area contributed by atoms with E-state index in [1.807, 2.05) is 13.8 Å². The Kier molecular flexibility index (Phi) is 6.28. The summed E-state index contributed by atoms with van der Waals surface area (Å²) in [5, 5.41) is 11.8. The number of carbonyl (C=O) groups excluding carboxylic acids is 1. The van der Waals surface area contributed by atoms with Crippen LogP contribution in [-0.2, 0) is 9.59 Å². The minimum Gasteiger partial charge on any atom is -0.480 e. The summed E-state index contributed by atoms with van der Waals surface area (Å²) in [5.74, 6) is -0.565. The molecule has 2 N–H and O–H groups in total. The average Bonchev–Trinajstić information content (AvgIpc) is 2.34. The molecule has 19 heavy (non-hydrogen) atoms. The number of hydrogen-bond acceptors (Lipinski definition) is 3. The van der Waals surface area contributed by atoms with Gasteiger partial charge in [-0.1, -0.05) is 27.2 Å². The Morgan fingerprint density at radius 1 is 1.47 bits per heavy atom. The van der Waals surface area contributed by atoms with Crippen molar-refractivity contribution in [3.05, 3.63) is 0 Å². The summed E-state index contributed by atoms with van der Waals surface area (Å²) in [4.78, 5) is 25.2. The zero-order valence-electron chi connectivity index (χ0n) is 12.2. The molecule has 110 valence electrons. The van der Waals surface area contributed by atoms with Crippen molar-refractivity contribution in [3.63, 3.8) is 0 Å². The first-order valence-corrected chi connectivity index (χ1v) is 7.18. The number of carboxylic acids is 1. The third-order valence-electron chi connectivity index (χ3n) is 3.90. The molecule has 0 aromatic rings. The molecule has 1 heterocycles. The molecule has 3 atom stereocenters. The number of piperidine rings is 1. The van der Waals surface area contributed by atoms with Crippen LogP contribution in [-0.4, -0.2) is 47.6 Å². The molecule has 0 spiro atoms. The summed E-state index contributed by atoms with van der Waals surface area (Å²) in [7, 11) is 0. The topological polar surface area (TPSA) is 69.6 Å². The number of nitrogens with one attached hydrogen (secondary N) is 1. The van der Waals surface area contributed by atoms with Gasteiger partial charge in [-0.05, 0) is 31.2 Å². The first-order chi connectivity index (χ1) is 8.93. The molecule has 5 heteroatoms. The lowest BCUT2D eigenvalue weighted by Crippen LogP contribution is -2.49. The molecule has 1 saturated heterocycles. The van der Waals surface area contributed by atoms with Crippen LogP contribution in [0.5, 0.6) is 0 Å². The maximum absolute atomic E-state index is 11.9. The van der Waals surface area contributed by atoms with Crippen LogP contribution in [0.25, 0.3) is 0 Å². The summed E-state index contributed by atoms with van der Waals surface area (Å²) in [6.45, 7) is 8.13. The number of hydrogen-bond donors (Lipinski definition) is 2. The molecule has 0 aromatic carbocycles. The molecule has 1 fully saturated rings. The van der Waals surface area contributed by atoms with Crippen molar-refractivity contribution in [3.8, 4) is 0 Å². The van der Waals surface area contributed by atoms with E-state index >= 15 is 0 Å². The monoisotopic (exact) mass is 270 g/mol. The van der Waals surface area contributed by atoms with Crippen LogP contribution >= 0.6 is 0 Å². The highest BCUT2D eigenvalue weighted by Gasteiger charge is 2.26. The molecular formula is C14H26N2O3. The molecule has 0 bridgehead atoms. The molecule has 0 aliphatic carbocycles. The molecule has 0 radical (unpaired) electrons. The SMILES string of the molecule is CCC(C)C(NC(=O)CN1CCCC(C)C1)C(=O)O. The molecule has 1 amide bonds. The Hall–Kier alpha value is -1.10. The van der Waals surface area contributed by atoms with Crippen molar-refractivity contribution in [1.82, 2.24) is 10.2 Å². The highest BCUT2D eigenvalue weighted by Crippen LogP contribution is 2.15. The predicted molar refractivity (Wildman–Crippen MR) is 73.9 cm³/mol. The summed E-state index contributed by atoms with van der Waals surface area (Å²) in [6, 6.07) is -0.778. The van der Waals surface area contributed by atoms with Gasteiger partial charge in [-0.25, -0.2) is 4.79 Å². The third kappa shape index (κ3) is 5.19. The van der Waals surface area contributed by atoms with E-state index in [0.717, 1.165) is 25.9 Å². The molecule has 1 aliphatic heterocycles. The highest BCUT2D eigenvalue weighted by atomic mass is 16.4. The van der Waals surface area contributed by atoms with Gasteiger partial charge in [0.1, 0.15) is 6.04 Å². The fourth-order valence-electron chi connectivity index (χ4n) is 2.54. The van der Waals surface area contributed by atoms with Crippen LogP contribution in [0.2, 0.25) is 0 Å². The van der Waals surface area contributed by atoms with Gasteiger partial charge in [0.15, 0.2) is 0 Å². The van der Waals surface area contributed by atoms with Crippen LogP contribution in [0.1, 0.15) is 40.0 Å². The second-order valence-electron chi connectivity index (χ2n) is 5.75. The molecule has 1 aliphatic rings. The molecule has 3 unspecified atom stereocenters. The van der Waals surface area contributed by atoms with Gasteiger partial charge >= 0.3 is 5.97 Å². The van der Waals surface area contributed by atoms with E-state index in [1.165, 1.54) is 6.42 Å². The van der Waals surface area contributed by atoms with Gasteiger partial charge in [0.2, 0.25) is 5.91 Å². The maximum atomic E-state index is 11.9. The number of amides is 1. The van der Waals surface area contributed by atoms with Gasteiger partial charge in [-0.15, -0.1) is 0 Å². The van der Waals surface area contributed by atoms with Crippen LogP contribution < -0.4 is 5.32 Å². The quantitative estimate of drug-likeness (QED) is 0.764. The zero-order chi connectivity index (χ0) is 14.4. The number of carbonyl (C=O) groups is 2. The number of rotatable bonds is 6. The Balaban J connectivity index is 2.46. The lowest BCUT2D eigenvalue weighted by Gasteiger charge is -2.30. The van der Waals surface area contributed by atoms with E-state index in [9.17, 15) is 9.59 Å². The summed E-state index contributed by atoms with van der Waals surface area (Å²) >= 11 is 0. The minimum atomic E-state index is -0.949. The molecular weight excluding hydrogens is 244 g/mol. The molecule has 5 nitrogen and oxygen atoms in total. The lowest BCUT2D eigenvalue weighted by molar-refractivity contribution is -0.143. The van der Waals surface area contributed by atoms with E-state index in [1.54, 1.807) is 0 Å². The van der Waals surface area contributed by atoms with Gasteiger partial charge in [-0.3, -0.25) is 9.69 Å². The van der Waals surface area contributed by atoms with Gasteiger partial charge in [0.05, 0.1) is 6.54 Å². The lowest BCUT2D eigenvalue weighted by atomic mass is 9.99. The Labute approximate surface area is 115 Å². The van der Waals surface area contributed by atoms with E-state index in [4.69, 9.17) is 5.11 Å². The highest BCUT2D eigenvalue weighted by molar-refractivity contribution is 5.84. The van der Waals surface area contributed by atoms with Gasteiger partial charge in [0, 0.05) is 6.54 Å². The molecule has 0 saturated carbocycles. The van der Waals surface area contributed by atoms with Crippen molar-refractivity contribution < 1.29 is 14.7 Å². The van der Waals surface area contributed by atoms with Crippen LogP contribution in [0.3, 0.4) is 0 Å². The normalized spacial score (nSPS) is 23.6. The van der Waals surface area contributed by atoms with Crippen LogP contribution in [0.15, 0.2) is 0 Å². The Morgan fingerprint density at radius 2 is 2.16 bits per heavy atom. The second-order valence-corrected chi connectivity index (χ2v) is 5.75. The van der Waals surface area contributed by atoms with Gasteiger partial charge in [0.25, 0.3) is 0 Å². The van der Waals surface area contributed by atoms with E-state index < -0.39 is 12.0 Å². The van der Waals surface area contributed by atoms with Crippen LogP contribution in [0, 0.1) is 11.8 Å². The molecule has 0 aromatic heterocycles. The van der Waals surface area contributed by atoms with Crippen molar-refractivity contribution in [1.29, 1.82) is 0 Å². The molecule has 1 rings (SSSR count). The van der Waals surface area contributed by atoms with Gasteiger partial charge < -0.3 is 10.4 Å². The fraction of sp³-hybridized carbons (Fsp3) is 0.857. The third-order valence-corrected chi connectivity index (χ3v) is 3.90. The minimum absolute atomic E-state index is 0.0540. The maximum Gasteiger partial charge on any atom is 0.326 e. The number of carboxylic acid groups (broad SMARTS) is 1. The Morgan fingerprint density at radius 3 is 2.68 bits per heavy atom. The van der Waals surface area contributed by atoms with Crippen molar-refractivity contribution >= 4 is 11.9 Å². The zero-order valence-corrected chi connectivity index (χ0v) is 12.2. The summed E-state index contributed by atoms with van der Waals surface area (Å²) in [5.41, 5.74) is 0. The Bertz CT molecular complexity index is 320. The van der Waals surface area contributed by atoms with E-state index in [-0.39, 0.29) is 11.8 Å². The standard InChI is InChI=1S/C14H26N2O3/c1-4-11(3)13(14(18)19)15-12(17)9-16-7-5-6-10(2)8-16/h10-11,13H,4-9H2,1-3H3,(H,15,17)(H,18,19). The summed E-state index contributed by atoms with van der Waals surface area (Å²) in [6.07, 6.45) is 3.06. The van der Waals surface area contributed by atoms with Crippen molar-refractivity contribution in [2.24, 2.45) is 11.8 Å². The van der Waals surface area contributed by atoms with Crippen molar-refractivity contribution in [2.45, 2.75) is 46.1 Å². The van der Waals surface area contributed by atoms with Crippen molar-refractivity contribution in [2.75, 3.05) is 19.6 Å². The number of likely N-dealkylation sites (tertiary alicyclic amines) is 1. The smallest absolute Gasteiger partial charge is 0.326 e. The average molecular weight is 270 g/mol. The largest absolute Gasteiger partial charge is 0.480 e. The second kappa shape index (κ2) is 7.48. The number of aliphatic carboxylic acids is 1. The predicted octanol–water partition coefficient (Wildman–Crippen LogP) is 1.33. The number of nitrogens with zero attached hydrogens (tertiary/aromatic N) is 1. The fourth-order valence-corrected chi connectivity index (χ4v) is 2.54. The first kappa shape index (κ1) is 16.0. The van der Waals surface area contributed by atoms with E-state index in [2.05, 4.69) is 17.1 Å². The van der Waals surface area contributed by atoms with Gasteiger partial charge in [-0.2, -0.15) is 0 Å².